The Bertz CT molecular complexity index is 1190. The number of pyridine rings is 1. The van der Waals surface area contributed by atoms with Gasteiger partial charge in [0.15, 0.2) is 9.84 Å². The number of methoxy groups -OCH3 is 1. The van der Waals surface area contributed by atoms with Crippen LogP contribution < -0.4 is 9.46 Å². The molecular weight excluding hydrogens is 424 g/mol. The maximum absolute atomic E-state index is 13.3. The summed E-state index contributed by atoms with van der Waals surface area (Å²) in [5.41, 5.74) is 1.32. The van der Waals surface area contributed by atoms with Crippen LogP contribution in [0, 0.1) is 6.92 Å². The van der Waals surface area contributed by atoms with Gasteiger partial charge >= 0.3 is 0 Å². The van der Waals surface area contributed by atoms with Crippen LogP contribution in [0.25, 0.3) is 0 Å². The molecule has 0 amide bonds. The summed E-state index contributed by atoms with van der Waals surface area (Å²) >= 11 is 0. The molecule has 0 saturated heterocycles. The molecule has 3 aromatic rings. The third kappa shape index (κ3) is 4.86. The smallest absolute Gasteiger partial charge is 0.240 e. The van der Waals surface area contributed by atoms with Gasteiger partial charge in [0, 0.05) is 18.9 Å². The molecule has 0 aliphatic carbocycles. The summed E-state index contributed by atoms with van der Waals surface area (Å²) in [5, 5.41) is -1.14. The van der Waals surface area contributed by atoms with Crippen LogP contribution >= 0.6 is 0 Å². The van der Waals surface area contributed by atoms with Gasteiger partial charge in [0.2, 0.25) is 10.0 Å². The summed E-state index contributed by atoms with van der Waals surface area (Å²) in [6.07, 6.45) is 2.96. The van der Waals surface area contributed by atoms with E-state index in [0.717, 1.165) is 5.56 Å². The van der Waals surface area contributed by atoms with E-state index in [9.17, 15) is 16.8 Å². The molecule has 0 fully saturated rings. The average molecular weight is 447 g/mol. The molecule has 158 valence electrons. The van der Waals surface area contributed by atoms with Crippen molar-refractivity contribution in [3.8, 4) is 5.75 Å². The third-order valence-electron chi connectivity index (χ3n) is 4.61. The van der Waals surface area contributed by atoms with Crippen molar-refractivity contribution < 1.29 is 21.6 Å². The summed E-state index contributed by atoms with van der Waals surface area (Å²) < 4.78 is 59.5. The SMILES string of the molecule is COc1ccc(S(=O)(=O)NCC(c2cccnc2)S(=O)(=O)c2ccc(C)cc2)cc1. The fourth-order valence-corrected chi connectivity index (χ4v) is 5.69. The van der Waals surface area contributed by atoms with E-state index in [2.05, 4.69) is 9.71 Å². The van der Waals surface area contributed by atoms with Gasteiger partial charge in [0.05, 0.1) is 16.9 Å². The van der Waals surface area contributed by atoms with Crippen LogP contribution in [0.3, 0.4) is 0 Å². The lowest BCUT2D eigenvalue weighted by Gasteiger charge is -2.19. The molecule has 7 nitrogen and oxygen atoms in total. The number of ether oxygens (including phenoxy) is 1. The molecule has 3 rings (SSSR count). The number of sulfonamides is 1. The van der Waals surface area contributed by atoms with Crippen LogP contribution in [0.4, 0.5) is 0 Å². The normalized spacial score (nSPS) is 13.0. The first-order valence-electron chi connectivity index (χ1n) is 9.08. The molecule has 0 spiro atoms. The Hall–Kier alpha value is -2.75. The van der Waals surface area contributed by atoms with Gasteiger partial charge in [-0.3, -0.25) is 4.98 Å². The fourth-order valence-electron chi connectivity index (χ4n) is 2.89. The van der Waals surface area contributed by atoms with Gasteiger partial charge in [-0.05, 0) is 55.0 Å². The molecule has 1 heterocycles. The molecule has 30 heavy (non-hydrogen) atoms. The van der Waals surface area contributed by atoms with Crippen molar-refractivity contribution in [1.29, 1.82) is 0 Å². The van der Waals surface area contributed by atoms with Crippen LogP contribution in [0.15, 0.2) is 82.8 Å². The summed E-state index contributed by atoms with van der Waals surface area (Å²) in [6, 6.07) is 15.5. The van der Waals surface area contributed by atoms with Crippen LogP contribution in [-0.4, -0.2) is 35.5 Å². The van der Waals surface area contributed by atoms with Crippen molar-refractivity contribution in [3.63, 3.8) is 0 Å². The second kappa shape index (κ2) is 8.95. The van der Waals surface area contributed by atoms with Crippen molar-refractivity contribution in [2.24, 2.45) is 0 Å². The first-order chi connectivity index (χ1) is 14.2. The molecule has 1 aromatic heterocycles. The van der Waals surface area contributed by atoms with E-state index in [-0.39, 0.29) is 16.3 Å². The van der Waals surface area contributed by atoms with Crippen molar-refractivity contribution in [2.45, 2.75) is 22.0 Å². The topological polar surface area (TPSA) is 102 Å². The van der Waals surface area contributed by atoms with Crippen LogP contribution in [0.5, 0.6) is 5.75 Å². The molecule has 0 aliphatic heterocycles. The zero-order valence-electron chi connectivity index (χ0n) is 16.5. The van der Waals surface area contributed by atoms with Crippen LogP contribution in [-0.2, 0) is 19.9 Å². The number of hydrogen-bond acceptors (Lipinski definition) is 6. The zero-order valence-corrected chi connectivity index (χ0v) is 18.2. The molecule has 1 N–H and O–H groups in total. The van der Waals surface area contributed by atoms with Crippen molar-refractivity contribution in [2.75, 3.05) is 13.7 Å². The monoisotopic (exact) mass is 446 g/mol. The number of rotatable bonds is 8. The average Bonchev–Trinajstić information content (AvgIpc) is 2.75. The molecule has 0 aliphatic rings. The van der Waals surface area contributed by atoms with Gasteiger partial charge in [-0.15, -0.1) is 0 Å². The Morgan fingerprint density at radius 1 is 0.933 bits per heavy atom. The number of sulfone groups is 1. The first-order valence-corrected chi connectivity index (χ1v) is 12.1. The third-order valence-corrected chi connectivity index (χ3v) is 8.17. The minimum absolute atomic E-state index is 0.0148. The Balaban J connectivity index is 1.93. The second-order valence-electron chi connectivity index (χ2n) is 6.66. The summed E-state index contributed by atoms with van der Waals surface area (Å²) in [7, 11) is -6.32. The number of nitrogens with zero attached hydrogens (tertiary/aromatic N) is 1. The number of nitrogens with one attached hydrogen (secondary N) is 1. The summed E-state index contributed by atoms with van der Waals surface area (Å²) in [4.78, 5) is 4.12. The maximum atomic E-state index is 13.3. The lowest BCUT2D eigenvalue weighted by molar-refractivity contribution is 0.414. The second-order valence-corrected chi connectivity index (χ2v) is 10.6. The van der Waals surface area contributed by atoms with E-state index in [1.165, 1.54) is 55.9 Å². The predicted octanol–water partition coefficient (Wildman–Crippen LogP) is 2.89. The van der Waals surface area contributed by atoms with Crippen molar-refractivity contribution in [1.82, 2.24) is 9.71 Å². The lowest BCUT2D eigenvalue weighted by Crippen LogP contribution is -2.32. The molecule has 1 unspecified atom stereocenters. The van der Waals surface area contributed by atoms with E-state index in [0.29, 0.717) is 11.3 Å². The van der Waals surface area contributed by atoms with E-state index < -0.39 is 25.1 Å². The highest BCUT2D eigenvalue weighted by atomic mass is 32.2. The van der Waals surface area contributed by atoms with Gasteiger partial charge in [-0.2, -0.15) is 0 Å². The van der Waals surface area contributed by atoms with Gasteiger partial charge in [0.25, 0.3) is 0 Å². The standard InChI is InChI=1S/C21H22N2O5S2/c1-16-5-9-19(10-6-16)29(24,25)21(17-4-3-13-22-14-17)15-23-30(26,27)20-11-7-18(28-2)8-12-20/h3-14,21,23H,15H2,1-2H3. The lowest BCUT2D eigenvalue weighted by atomic mass is 10.2. The largest absolute Gasteiger partial charge is 0.497 e. The van der Waals surface area contributed by atoms with E-state index >= 15 is 0 Å². The molecule has 0 saturated carbocycles. The van der Waals surface area contributed by atoms with Crippen molar-refractivity contribution in [3.05, 3.63) is 84.2 Å². The minimum atomic E-state index is -3.93. The highest BCUT2D eigenvalue weighted by Gasteiger charge is 2.31. The van der Waals surface area contributed by atoms with Crippen molar-refractivity contribution >= 4 is 19.9 Å². The number of benzene rings is 2. The maximum Gasteiger partial charge on any atom is 0.240 e. The van der Waals surface area contributed by atoms with Gasteiger partial charge in [0.1, 0.15) is 11.0 Å². The molecule has 2 aromatic carbocycles. The highest BCUT2D eigenvalue weighted by Crippen LogP contribution is 2.29. The molecule has 0 bridgehead atoms. The molecular formula is C21H22N2O5S2. The predicted molar refractivity (Wildman–Crippen MR) is 114 cm³/mol. The summed E-state index contributed by atoms with van der Waals surface area (Å²) in [5.74, 6) is 0.518. The zero-order chi connectivity index (χ0) is 21.8. The molecule has 1 atom stereocenters. The minimum Gasteiger partial charge on any atom is -0.497 e. The quantitative estimate of drug-likeness (QED) is 0.571. The molecule has 9 heteroatoms. The van der Waals surface area contributed by atoms with Gasteiger partial charge < -0.3 is 4.74 Å². The van der Waals surface area contributed by atoms with E-state index in [1.807, 2.05) is 6.92 Å². The first kappa shape index (κ1) is 21.9. The number of aromatic nitrogens is 1. The number of hydrogen-bond donors (Lipinski definition) is 1. The Morgan fingerprint density at radius 2 is 1.57 bits per heavy atom. The highest BCUT2D eigenvalue weighted by molar-refractivity contribution is 7.92. The van der Waals surface area contributed by atoms with E-state index in [4.69, 9.17) is 4.74 Å². The van der Waals surface area contributed by atoms with Gasteiger partial charge in [-0.1, -0.05) is 23.8 Å². The fraction of sp³-hybridized carbons (Fsp3) is 0.190. The van der Waals surface area contributed by atoms with Crippen LogP contribution in [0.1, 0.15) is 16.4 Å². The van der Waals surface area contributed by atoms with E-state index in [1.54, 1.807) is 24.3 Å². The molecule has 0 radical (unpaired) electrons. The Labute approximate surface area is 176 Å². The Morgan fingerprint density at radius 3 is 2.13 bits per heavy atom. The summed E-state index contributed by atoms with van der Waals surface area (Å²) in [6.45, 7) is 1.52. The Kier molecular flexibility index (Phi) is 6.55. The van der Waals surface area contributed by atoms with Gasteiger partial charge in [-0.25, -0.2) is 21.6 Å². The van der Waals surface area contributed by atoms with Crippen LogP contribution in [0.2, 0.25) is 0 Å². The number of aryl methyl sites for hydroxylation is 1.